The van der Waals surface area contributed by atoms with Crippen LogP contribution in [-0.4, -0.2) is 35.7 Å². The Morgan fingerprint density at radius 3 is 2.82 bits per heavy atom. The zero-order valence-corrected chi connectivity index (χ0v) is 10.5. The van der Waals surface area contributed by atoms with Gasteiger partial charge < -0.3 is 10.0 Å². The van der Waals surface area contributed by atoms with E-state index in [9.17, 15) is 5.11 Å². The van der Waals surface area contributed by atoms with Crippen LogP contribution >= 0.6 is 0 Å². The van der Waals surface area contributed by atoms with Gasteiger partial charge in [0.1, 0.15) is 0 Å². The maximum atomic E-state index is 9.59. The highest BCUT2D eigenvalue weighted by molar-refractivity contribution is 4.89. The second kappa shape index (κ2) is 7.27. The summed E-state index contributed by atoms with van der Waals surface area (Å²) in [6, 6.07) is 4.36. The van der Waals surface area contributed by atoms with E-state index in [0.29, 0.717) is 18.8 Å². The van der Waals surface area contributed by atoms with Crippen LogP contribution in [0.3, 0.4) is 0 Å². The summed E-state index contributed by atoms with van der Waals surface area (Å²) < 4.78 is 0. The van der Waals surface area contributed by atoms with Gasteiger partial charge in [0.25, 0.3) is 0 Å². The first-order chi connectivity index (χ1) is 8.17. The lowest BCUT2D eigenvalue weighted by Gasteiger charge is -2.34. The molecule has 4 heteroatoms. The minimum atomic E-state index is -0.266. The van der Waals surface area contributed by atoms with Gasteiger partial charge in [-0.3, -0.25) is 0 Å². The Morgan fingerprint density at radius 1 is 1.47 bits per heavy atom. The van der Waals surface area contributed by atoms with Crippen molar-refractivity contribution in [2.45, 2.75) is 38.7 Å². The number of piperidine rings is 1. The van der Waals surface area contributed by atoms with Crippen LogP contribution < -0.4 is 0 Å². The van der Waals surface area contributed by atoms with Crippen molar-refractivity contribution < 1.29 is 5.11 Å². The van der Waals surface area contributed by atoms with E-state index in [4.69, 9.17) is 10.5 Å². The molecule has 0 aromatic heterocycles. The van der Waals surface area contributed by atoms with Gasteiger partial charge in [0.2, 0.25) is 0 Å². The number of aliphatic hydroxyl groups excluding tert-OH is 1. The Labute approximate surface area is 103 Å². The molecule has 0 spiro atoms. The molecule has 0 aliphatic carbocycles. The molecule has 1 rings (SSSR count). The van der Waals surface area contributed by atoms with Gasteiger partial charge in [-0.25, -0.2) is 0 Å². The van der Waals surface area contributed by atoms with Crippen LogP contribution in [0.2, 0.25) is 0 Å². The third-order valence-electron chi connectivity index (χ3n) is 3.49. The van der Waals surface area contributed by atoms with Crippen molar-refractivity contribution in [3.05, 3.63) is 0 Å². The summed E-state index contributed by atoms with van der Waals surface area (Å²) in [5, 5.41) is 27.1. The molecule has 1 fully saturated rings. The molecule has 1 N–H and O–H groups in total. The summed E-state index contributed by atoms with van der Waals surface area (Å²) in [7, 11) is 0. The predicted octanol–water partition coefficient (Wildman–Crippen LogP) is 1.52. The fourth-order valence-corrected chi connectivity index (χ4v) is 2.40. The summed E-state index contributed by atoms with van der Waals surface area (Å²) in [5.74, 6) is 0.279. The van der Waals surface area contributed by atoms with E-state index in [2.05, 4.69) is 17.0 Å². The number of hydrogen-bond donors (Lipinski definition) is 1. The van der Waals surface area contributed by atoms with Crippen LogP contribution in [0.1, 0.15) is 32.6 Å². The topological polar surface area (TPSA) is 71.0 Å². The molecule has 0 aromatic carbocycles. The predicted molar refractivity (Wildman–Crippen MR) is 64.8 cm³/mol. The summed E-state index contributed by atoms with van der Waals surface area (Å²) >= 11 is 0. The second-order valence-corrected chi connectivity index (χ2v) is 4.93. The lowest BCUT2D eigenvalue weighted by Crippen LogP contribution is -2.41. The number of rotatable bonds is 5. The molecular formula is C13H21N3O. The fraction of sp³-hybridized carbons (Fsp3) is 0.846. The molecular weight excluding hydrogens is 214 g/mol. The number of hydrogen-bond acceptors (Lipinski definition) is 4. The van der Waals surface area contributed by atoms with E-state index in [1.54, 1.807) is 0 Å². The summed E-state index contributed by atoms with van der Waals surface area (Å²) in [6.45, 7) is 4.46. The third-order valence-corrected chi connectivity index (χ3v) is 3.49. The third kappa shape index (κ3) is 4.73. The Morgan fingerprint density at radius 2 is 2.24 bits per heavy atom. The van der Waals surface area contributed by atoms with E-state index in [1.165, 1.54) is 0 Å². The van der Waals surface area contributed by atoms with Gasteiger partial charge in [-0.15, -0.1) is 0 Å². The quantitative estimate of drug-likeness (QED) is 0.784. The Balaban J connectivity index is 2.39. The van der Waals surface area contributed by atoms with Gasteiger partial charge in [0, 0.05) is 19.5 Å². The van der Waals surface area contributed by atoms with E-state index in [0.717, 1.165) is 32.5 Å². The van der Waals surface area contributed by atoms with E-state index >= 15 is 0 Å². The van der Waals surface area contributed by atoms with Crippen LogP contribution in [0.4, 0.5) is 0 Å². The van der Waals surface area contributed by atoms with Crippen molar-refractivity contribution in [3.8, 4) is 12.1 Å². The van der Waals surface area contributed by atoms with Crippen molar-refractivity contribution in [2.75, 3.05) is 19.6 Å². The van der Waals surface area contributed by atoms with Crippen LogP contribution in [0.5, 0.6) is 0 Å². The summed E-state index contributed by atoms with van der Waals surface area (Å²) in [6.07, 6.45) is 3.00. The molecule has 4 nitrogen and oxygen atoms in total. The Hall–Kier alpha value is -1.10. The molecule has 1 aliphatic rings. The maximum absolute atomic E-state index is 9.59. The van der Waals surface area contributed by atoms with Gasteiger partial charge >= 0.3 is 0 Å². The zero-order valence-electron chi connectivity index (χ0n) is 10.5. The molecule has 1 aliphatic heterocycles. The van der Waals surface area contributed by atoms with Crippen LogP contribution in [0, 0.1) is 34.5 Å². The molecule has 17 heavy (non-hydrogen) atoms. The molecule has 1 saturated heterocycles. The summed E-state index contributed by atoms with van der Waals surface area (Å²) in [5.41, 5.74) is 0. The Kier molecular flexibility index (Phi) is 5.97. The molecule has 0 saturated carbocycles. The summed E-state index contributed by atoms with van der Waals surface area (Å²) in [4.78, 5) is 2.26. The van der Waals surface area contributed by atoms with Gasteiger partial charge in [0.15, 0.2) is 0 Å². The second-order valence-electron chi connectivity index (χ2n) is 4.93. The highest BCUT2D eigenvalue weighted by atomic mass is 16.3. The molecule has 0 aromatic rings. The van der Waals surface area contributed by atoms with Crippen molar-refractivity contribution in [1.82, 2.24) is 4.90 Å². The zero-order chi connectivity index (χ0) is 12.7. The van der Waals surface area contributed by atoms with Gasteiger partial charge in [-0.1, -0.05) is 0 Å². The Bertz CT molecular complexity index is 303. The van der Waals surface area contributed by atoms with Crippen molar-refractivity contribution in [1.29, 1.82) is 10.5 Å². The minimum absolute atomic E-state index is 0.0533. The van der Waals surface area contributed by atoms with Crippen molar-refractivity contribution >= 4 is 0 Å². The maximum Gasteiger partial charge on any atom is 0.0669 e. The average molecular weight is 235 g/mol. The minimum Gasteiger partial charge on any atom is -0.393 e. The highest BCUT2D eigenvalue weighted by Crippen LogP contribution is 2.21. The first-order valence-corrected chi connectivity index (χ1v) is 6.34. The number of likely N-dealkylation sites (tertiary alicyclic amines) is 1. The molecule has 3 atom stereocenters. The average Bonchev–Trinajstić information content (AvgIpc) is 2.34. The molecule has 0 amide bonds. The smallest absolute Gasteiger partial charge is 0.0669 e. The van der Waals surface area contributed by atoms with Gasteiger partial charge in [-0.05, 0) is 38.6 Å². The van der Waals surface area contributed by atoms with E-state index < -0.39 is 0 Å². The number of nitrogens with zero attached hydrogens (tertiary/aromatic N) is 3. The van der Waals surface area contributed by atoms with Gasteiger partial charge in [0.05, 0.1) is 24.2 Å². The highest BCUT2D eigenvalue weighted by Gasteiger charge is 2.24. The lowest BCUT2D eigenvalue weighted by molar-refractivity contribution is 0.0589. The molecule has 1 heterocycles. The van der Waals surface area contributed by atoms with Crippen molar-refractivity contribution in [2.24, 2.45) is 11.8 Å². The largest absolute Gasteiger partial charge is 0.393 e. The van der Waals surface area contributed by atoms with Crippen molar-refractivity contribution in [3.63, 3.8) is 0 Å². The van der Waals surface area contributed by atoms with Crippen LogP contribution in [0.15, 0.2) is 0 Å². The monoisotopic (exact) mass is 235 g/mol. The number of aliphatic hydroxyl groups is 1. The molecule has 0 radical (unpaired) electrons. The normalized spacial score (nSPS) is 24.6. The van der Waals surface area contributed by atoms with E-state index in [-0.39, 0.29) is 12.0 Å². The van der Waals surface area contributed by atoms with E-state index in [1.807, 2.05) is 6.92 Å². The first kappa shape index (κ1) is 14.0. The fourth-order valence-electron chi connectivity index (χ4n) is 2.40. The molecule has 0 unspecified atom stereocenters. The first-order valence-electron chi connectivity index (χ1n) is 6.34. The number of nitriles is 2. The molecule has 0 bridgehead atoms. The lowest BCUT2D eigenvalue weighted by atomic mass is 9.92. The van der Waals surface area contributed by atoms with Crippen LogP contribution in [0.25, 0.3) is 0 Å². The standard InChI is InChI=1S/C13H21N3O/c1-11(17)13-5-3-7-16(10-13)9-12(8-15)4-2-6-14/h11-13,17H,2-5,7,9-10H2,1H3/t11-,12+,13+/m0/s1. The van der Waals surface area contributed by atoms with Gasteiger partial charge in [-0.2, -0.15) is 10.5 Å². The molecule has 94 valence electrons. The SMILES string of the molecule is C[C@H](O)[C@@H]1CCCN(C[C@@H](C#N)CCC#N)C1. The van der Waals surface area contributed by atoms with Crippen LogP contribution in [-0.2, 0) is 0 Å².